The molecule has 1 amide bonds. The first-order chi connectivity index (χ1) is 8.00. The van der Waals surface area contributed by atoms with Crippen LogP contribution in [0, 0.1) is 0 Å². The van der Waals surface area contributed by atoms with Crippen molar-refractivity contribution in [3.63, 3.8) is 0 Å². The van der Waals surface area contributed by atoms with Gasteiger partial charge < -0.3 is 16.0 Å². The number of nitrogens with zero attached hydrogens (tertiary/aromatic N) is 2. The minimum absolute atomic E-state index is 0.0104. The van der Waals surface area contributed by atoms with Crippen molar-refractivity contribution in [2.24, 2.45) is 5.73 Å². The molecule has 0 unspecified atom stereocenters. The summed E-state index contributed by atoms with van der Waals surface area (Å²) in [6.45, 7) is 0. The molecule has 4 N–H and O–H groups in total. The Bertz CT molecular complexity index is 597. The number of anilines is 1. The van der Waals surface area contributed by atoms with Crippen LogP contribution in [-0.4, -0.2) is 16.0 Å². The van der Waals surface area contributed by atoms with Gasteiger partial charge in [0.1, 0.15) is 0 Å². The zero-order chi connectivity index (χ0) is 12.6. The molecule has 0 spiro atoms. The fourth-order valence-corrected chi connectivity index (χ4v) is 1.61. The normalized spacial score (nSPS) is 10.5. The summed E-state index contributed by atoms with van der Waals surface area (Å²) in [6, 6.07) is 3.07. The van der Waals surface area contributed by atoms with Gasteiger partial charge in [0.15, 0.2) is 0 Å². The van der Waals surface area contributed by atoms with E-state index in [2.05, 4.69) is 10.1 Å². The quantitative estimate of drug-likeness (QED) is 0.810. The van der Waals surface area contributed by atoms with E-state index in [0.29, 0.717) is 5.02 Å². The summed E-state index contributed by atoms with van der Waals surface area (Å²) in [4.78, 5) is 14.6. The molecule has 0 aliphatic rings. The second kappa shape index (κ2) is 4.23. The number of carbonyl (C=O) groups is 1. The number of benzene rings is 1. The van der Waals surface area contributed by atoms with E-state index in [1.54, 1.807) is 0 Å². The van der Waals surface area contributed by atoms with Crippen LogP contribution in [0.25, 0.3) is 11.5 Å². The van der Waals surface area contributed by atoms with Crippen molar-refractivity contribution >= 4 is 34.8 Å². The molecule has 0 bridgehead atoms. The molecule has 0 fully saturated rings. The first-order valence-corrected chi connectivity index (χ1v) is 5.13. The number of hydrogen-bond donors (Lipinski definition) is 2. The average Bonchev–Trinajstić information content (AvgIpc) is 2.73. The highest BCUT2D eigenvalue weighted by Gasteiger charge is 2.19. The van der Waals surface area contributed by atoms with E-state index in [-0.39, 0.29) is 28.0 Å². The Morgan fingerprint density at radius 1 is 1.29 bits per heavy atom. The highest BCUT2D eigenvalue weighted by molar-refractivity contribution is 6.37. The van der Waals surface area contributed by atoms with Crippen molar-refractivity contribution in [2.75, 3.05) is 5.73 Å². The number of nitrogen functional groups attached to an aromatic ring is 1. The van der Waals surface area contributed by atoms with Crippen LogP contribution >= 0.6 is 23.2 Å². The lowest BCUT2D eigenvalue weighted by atomic mass is 10.2. The summed E-state index contributed by atoms with van der Waals surface area (Å²) < 4.78 is 4.84. The van der Waals surface area contributed by atoms with E-state index in [0.717, 1.165) is 0 Å². The van der Waals surface area contributed by atoms with Gasteiger partial charge in [0, 0.05) is 0 Å². The average molecular weight is 273 g/mol. The lowest BCUT2D eigenvalue weighted by Gasteiger charge is -2.04. The lowest BCUT2D eigenvalue weighted by molar-refractivity contribution is 0.0987. The third kappa shape index (κ3) is 2.04. The van der Waals surface area contributed by atoms with Crippen molar-refractivity contribution in [2.45, 2.75) is 0 Å². The Hall–Kier alpha value is -1.79. The number of hydrogen-bond acceptors (Lipinski definition) is 5. The minimum Gasteiger partial charge on any atom is -0.397 e. The summed E-state index contributed by atoms with van der Waals surface area (Å²) in [6.07, 6.45) is 0. The summed E-state index contributed by atoms with van der Waals surface area (Å²) in [5, 5.41) is 3.96. The minimum atomic E-state index is -0.809. The van der Waals surface area contributed by atoms with Crippen LogP contribution in [0.4, 0.5) is 5.69 Å². The van der Waals surface area contributed by atoms with Gasteiger partial charge in [0.05, 0.1) is 21.3 Å². The SMILES string of the molecule is NC(=O)c1noc(-c2c(Cl)ccc(Cl)c2N)n1. The number of nitrogens with two attached hydrogens (primary N) is 2. The largest absolute Gasteiger partial charge is 0.397 e. The second-order valence-electron chi connectivity index (χ2n) is 3.11. The van der Waals surface area contributed by atoms with Gasteiger partial charge in [0.25, 0.3) is 17.6 Å². The van der Waals surface area contributed by atoms with Gasteiger partial charge in [-0.1, -0.05) is 28.4 Å². The Kier molecular flexibility index (Phi) is 2.91. The molecule has 1 aromatic heterocycles. The molecule has 2 rings (SSSR count). The molecule has 8 heteroatoms. The van der Waals surface area contributed by atoms with Crippen LogP contribution in [0.2, 0.25) is 10.0 Å². The fourth-order valence-electron chi connectivity index (χ4n) is 1.21. The van der Waals surface area contributed by atoms with Gasteiger partial charge in [-0.3, -0.25) is 4.79 Å². The molecule has 0 atom stereocenters. The number of amides is 1. The van der Waals surface area contributed by atoms with Crippen molar-refractivity contribution in [3.05, 3.63) is 28.0 Å². The van der Waals surface area contributed by atoms with Gasteiger partial charge in [-0.25, -0.2) is 0 Å². The first-order valence-electron chi connectivity index (χ1n) is 4.38. The van der Waals surface area contributed by atoms with Gasteiger partial charge in [0.2, 0.25) is 0 Å². The van der Waals surface area contributed by atoms with Crippen LogP contribution in [0.5, 0.6) is 0 Å². The standard InChI is InChI=1S/C9H6Cl2N4O2/c10-3-1-2-4(11)6(12)5(3)9-14-8(7(13)16)15-17-9/h1-2H,12H2,(H2,13,16). The number of rotatable bonds is 2. The first kappa shape index (κ1) is 11.7. The van der Waals surface area contributed by atoms with Gasteiger partial charge in [-0.2, -0.15) is 4.98 Å². The van der Waals surface area contributed by atoms with Gasteiger partial charge >= 0.3 is 0 Å². The molecule has 0 aliphatic heterocycles. The smallest absolute Gasteiger partial charge is 0.290 e. The summed E-state index contributed by atoms with van der Waals surface area (Å²) in [5.41, 5.74) is 11.2. The van der Waals surface area contributed by atoms with Crippen molar-refractivity contribution in [1.29, 1.82) is 0 Å². The molecular weight excluding hydrogens is 267 g/mol. The molecule has 1 aromatic carbocycles. The zero-order valence-corrected chi connectivity index (χ0v) is 9.79. The Morgan fingerprint density at radius 2 is 1.94 bits per heavy atom. The second-order valence-corrected chi connectivity index (χ2v) is 3.92. The van der Waals surface area contributed by atoms with E-state index in [4.69, 9.17) is 39.2 Å². The topological polar surface area (TPSA) is 108 Å². The van der Waals surface area contributed by atoms with Crippen molar-refractivity contribution < 1.29 is 9.32 Å². The van der Waals surface area contributed by atoms with Crippen LogP contribution in [0.1, 0.15) is 10.6 Å². The van der Waals surface area contributed by atoms with E-state index in [1.165, 1.54) is 12.1 Å². The molecule has 0 aliphatic carbocycles. The molecule has 88 valence electrons. The highest BCUT2D eigenvalue weighted by atomic mass is 35.5. The summed E-state index contributed by atoms with van der Waals surface area (Å²) in [5.74, 6) is -1.07. The Labute approximate surface area is 105 Å². The molecular formula is C9H6Cl2N4O2. The van der Waals surface area contributed by atoms with E-state index < -0.39 is 5.91 Å². The maximum atomic E-state index is 10.8. The maximum absolute atomic E-state index is 10.8. The molecule has 6 nitrogen and oxygen atoms in total. The number of halogens is 2. The molecule has 0 radical (unpaired) electrons. The zero-order valence-electron chi connectivity index (χ0n) is 8.28. The van der Waals surface area contributed by atoms with Gasteiger partial charge in [-0.15, -0.1) is 0 Å². The van der Waals surface area contributed by atoms with E-state index >= 15 is 0 Å². The lowest BCUT2D eigenvalue weighted by Crippen LogP contribution is -2.12. The van der Waals surface area contributed by atoms with Gasteiger partial charge in [-0.05, 0) is 12.1 Å². The predicted octanol–water partition coefficient (Wildman–Crippen LogP) is 1.72. The molecule has 2 aromatic rings. The Balaban J connectivity index is 2.60. The number of carbonyl (C=O) groups excluding carboxylic acids is 1. The van der Waals surface area contributed by atoms with Crippen molar-refractivity contribution in [3.8, 4) is 11.5 Å². The molecule has 0 saturated heterocycles. The van der Waals surface area contributed by atoms with E-state index in [9.17, 15) is 4.79 Å². The summed E-state index contributed by atoms with van der Waals surface area (Å²) in [7, 11) is 0. The third-order valence-corrected chi connectivity index (χ3v) is 2.65. The number of aromatic nitrogens is 2. The maximum Gasteiger partial charge on any atom is 0.290 e. The monoisotopic (exact) mass is 272 g/mol. The predicted molar refractivity (Wildman–Crippen MR) is 62.7 cm³/mol. The van der Waals surface area contributed by atoms with Crippen LogP contribution < -0.4 is 11.5 Å². The molecule has 0 saturated carbocycles. The van der Waals surface area contributed by atoms with Crippen LogP contribution in [-0.2, 0) is 0 Å². The van der Waals surface area contributed by atoms with E-state index in [1.807, 2.05) is 0 Å². The number of primary amides is 1. The highest BCUT2D eigenvalue weighted by Crippen LogP contribution is 2.36. The van der Waals surface area contributed by atoms with Crippen molar-refractivity contribution in [1.82, 2.24) is 10.1 Å². The fraction of sp³-hybridized carbons (Fsp3) is 0. The molecule has 1 heterocycles. The summed E-state index contributed by atoms with van der Waals surface area (Å²) >= 11 is 11.8. The Morgan fingerprint density at radius 3 is 2.53 bits per heavy atom. The molecule has 17 heavy (non-hydrogen) atoms. The van der Waals surface area contributed by atoms with Crippen LogP contribution in [0.3, 0.4) is 0 Å². The van der Waals surface area contributed by atoms with Crippen LogP contribution in [0.15, 0.2) is 16.7 Å². The third-order valence-electron chi connectivity index (χ3n) is 2.00.